The second-order valence-corrected chi connectivity index (χ2v) is 8.90. The maximum absolute atomic E-state index is 6.68. The van der Waals surface area contributed by atoms with E-state index >= 15 is 0 Å². The molecule has 2 N–H and O–H groups in total. The van der Waals surface area contributed by atoms with Gasteiger partial charge in [0.15, 0.2) is 0 Å². The minimum Gasteiger partial charge on any atom is -0.326 e. The highest BCUT2D eigenvalue weighted by molar-refractivity contribution is 7.99. The number of nitrogens with zero attached hydrogens (tertiary/aromatic N) is 1. The van der Waals surface area contributed by atoms with Crippen molar-refractivity contribution in [3.63, 3.8) is 0 Å². The van der Waals surface area contributed by atoms with Crippen LogP contribution in [0.3, 0.4) is 0 Å². The molecular formula is C17H23ClN2S. The van der Waals surface area contributed by atoms with Crippen molar-refractivity contribution in [2.24, 2.45) is 28.9 Å². The Morgan fingerprint density at radius 3 is 2.43 bits per heavy atom. The average Bonchev–Trinajstić information content (AvgIpc) is 2.44. The molecule has 5 rings (SSSR count). The first-order chi connectivity index (χ1) is 10.1. The molecule has 0 radical (unpaired) electrons. The number of aromatic nitrogens is 1. The quantitative estimate of drug-likeness (QED) is 0.836. The summed E-state index contributed by atoms with van der Waals surface area (Å²) in [5.41, 5.74) is 7.10. The van der Waals surface area contributed by atoms with Crippen molar-refractivity contribution in [2.75, 3.05) is 5.75 Å². The molecule has 1 aromatic rings. The van der Waals surface area contributed by atoms with Gasteiger partial charge in [0.1, 0.15) is 5.03 Å². The fourth-order valence-electron chi connectivity index (χ4n) is 5.45. The van der Waals surface area contributed by atoms with E-state index in [1.165, 1.54) is 38.5 Å². The second kappa shape index (κ2) is 5.43. The molecule has 4 fully saturated rings. The van der Waals surface area contributed by atoms with Crippen molar-refractivity contribution in [1.29, 1.82) is 0 Å². The number of pyridine rings is 1. The molecule has 1 aromatic heterocycles. The molecule has 4 heteroatoms. The molecule has 21 heavy (non-hydrogen) atoms. The van der Waals surface area contributed by atoms with Crippen molar-refractivity contribution in [2.45, 2.75) is 49.6 Å². The molecule has 4 aliphatic carbocycles. The monoisotopic (exact) mass is 322 g/mol. The first-order valence-corrected chi connectivity index (χ1v) is 9.50. The lowest BCUT2D eigenvalue weighted by Crippen LogP contribution is -2.55. The summed E-state index contributed by atoms with van der Waals surface area (Å²) in [6, 6.07) is 4.08. The van der Waals surface area contributed by atoms with E-state index in [0.29, 0.717) is 5.41 Å². The van der Waals surface area contributed by atoms with Crippen LogP contribution >= 0.6 is 23.4 Å². The van der Waals surface area contributed by atoms with Crippen molar-refractivity contribution in [3.8, 4) is 0 Å². The zero-order valence-electron chi connectivity index (χ0n) is 12.3. The summed E-state index contributed by atoms with van der Waals surface area (Å²) < 4.78 is 0. The summed E-state index contributed by atoms with van der Waals surface area (Å²) >= 11 is 7.94. The Bertz CT molecular complexity index is 498. The van der Waals surface area contributed by atoms with Gasteiger partial charge in [0.25, 0.3) is 0 Å². The van der Waals surface area contributed by atoms with Crippen LogP contribution in [0, 0.1) is 23.2 Å². The van der Waals surface area contributed by atoms with E-state index in [1.54, 1.807) is 11.8 Å². The topological polar surface area (TPSA) is 38.9 Å². The first kappa shape index (κ1) is 14.3. The Hall–Kier alpha value is -0.250. The molecule has 4 saturated carbocycles. The van der Waals surface area contributed by atoms with Crippen molar-refractivity contribution < 1.29 is 0 Å². The lowest BCUT2D eigenvalue weighted by atomic mass is 9.48. The Balaban J connectivity index is 1.45. The largest absolute Gasteiger partial charge is 0.326 e. The number of halogens is 1. The van der Waals surface area contributed by atoms with Gasteiger partial charge in [-0.05, 0) is 73.8 Å². The van der Waals surface area contributed by atoms with Crippen LogP contribution < -0.4 is 5.73 Å². The van der Waals surface area contributed by atoms with Crippen LogP contribution in [0.5, 0.6) is 0 Å². The Kier molecular flexibility index (Phi) is 3.71. The third-order valence-electron chi connectivity index (χ3n) is 6.00. The molecule has 1 unspecified atom stereocenters. The van der Waals surface area contributed by atoms with Crippen molar-refractivity contribution >= 4 is 23.4 Å². The van der Waals surface area contributed by atoms with Gasteiger partial charge in [-0.1, -0.05) is 11.6 Å². The molecule has 0 spiro atoms. The van der Waals surface area contributed by atoms with E-state index in [0.717, 1.165) is 33.6 Å². The Labute approximate surface area is 136 Å². The Morgan fingerprint density at radius 2 is 1.86 bits per heavy atom. The second-order valence-electron chi connectivity index (χ2n) is 7.49. The summed E-state index contributed by atoms with van der Waals surface area (Å²) in [4.78, 5) is 4.37. The number of nitrogens with two attached hydrogens (primary N) is 1. The molecule has 114 valence electrons. The van der Waals surface area contributed by atoms with Crippen LogP contribution in [0.1, 0.15) is 38.5 Å². The number of hydrogen-bond donors (Lipinski definition) is 1. The third kappa shape index (κ3) is 2.62. The first-order valence-electron chi connectivity index (χ1n) is 8.13. The van der Waals surface area contributed by atoms with Crippen LogP contribution in [-0.4, -0.2) is 16.8 Å². The molecule has 0 amide bonds. The molecule has 1 atom stereocenters. The molecular weight excluding hydrogens is 300 g/mol. The van der Waals surface area contributed by atoms with E-state index in [-0.39, 0.29) is 6.04 Å². The fraction of sp³-hybridized carbons (Fsp3) is 0.706. The highest BCUT2D eigenvalue weighted by atomic mass is 35.5. The number of hydrogen-bond acceptors (Lipinski definition) is 3. The zero-order valence-corrected chi connectivity index (χ0v) is 13.9. The molecule has 4 bridgehead atoms. The van der Waals surface area contributed by atoms with Gasteiger partial charge in [0, 0.05) is 18.0 Å². The number of rotatable bonds is 4. The van der Waals surface area contributed by atoms with Crippen LogP contribution in [0.15, 0.2) is 23.4 Å². The smallest absolute Gasteiger partial charge is 0.115 e. The summed E-state index contributed by atoms with van der Waals surface area (Å²) in [6.45, 7) is 0. The van der Waals surface area contributed by atoms with Crippen LogP contribution in [0.25, 0.3) is 0 Å². The van der Waals surface area contributed by atoms with Gasteiger partial charge in [0.05, 0.1) is 5.02 Å². The summed E-state index contributed by atoms with van der Waals surface area (Å²) in [5, 5.41) is 1.68. The predicted octanol–water partition coefficient (Wildman–Crippen LogP) is 4.37. The van der Waals surface area contributed by atoms with Crippen LogP contribution in [0.2, 0.25) is 5.02 Å². The Morgan fingerprint density at radius 1 is 1.24 bits per heavy atom. The maximum Gasteiger partial charge on any atom is 0.115 e. The van der Waals surface area contributed by atoms with Gasteiger partial charge in [-0.25, -0.2) is 4.98 Å². The van der Waals surface area contributed by atoms with Crippen molar-refractivity contribution in [3.05, 3.63) is 23.4 Å². The molecule has 1 heterocycles. The minimum atomic E-state index is 0.286. The lowest BCUT2D eigenvalue weighted by Gasteiger charge is -2.59. The molecule has 0 saturated heterocycles. The predicted molar refractivity (Wildman–Crippen MR) is 88.6 cm³/mol. The molecule has 0 aliphatic heterocycles. The van der Waals surface area contributed by atoms with Gasteiger partial charge in [-0.3, -0.25) is 0 Å². The molecule has 0 aromatic carbocycles. The van der Waals surface area contributed by atoms with Gasteiger partial charge < -0.3 is 5.73 Å². The van der Waals surface area contributed by atoms with Gasteiger partial charge in [0.2, 0.25) is 0 Å². The van der Waals surface area contributed by atoms with E-state index < -0.39 is 0 Å². The van der Waals surface area contributed by atoms with E-state index in [1.807, 2.05) is 18.3 Å². The van der Waals surface area contributed by atoms with Gasteiger partial charge in [-0.15, -0.1) is 11.8 Å². The summed E-state index contributed by atoms with van der Waals surface area (Å²) in [7, 11) is 0. The average molecular weight is 323 g/mol. The molecule has 4 aliphatic rings. The van der Waals surface area contributed by atoms with Crippen molar-refractivity contribution in [1.82, 2.24) is 4.98 Å². The SMILES string of the molecule is NC(CSc1ncccc1Cl)C12CC3CC(CC(C3)C1)C2. The van der Waals surface area contributed by atoms with Gasteiger partial charge in [-0.2, -0.15) is 0 Å². The minimum absolute atomic E-state index is 0.286. The van der Waals surface area contributed by atoms with Crippen LogP contribution in [0.4, 0.5) is 0 Å². The third-order valence-corrected chi connectivity index (χ3v) is 7.54. The zero-order chi connectivity index (χ0) is 14.4. The normalized spacial score (nSPS) is 38.7. The van der Waals surface area contributed by atoms with E-state index in [9.17, 15) is 0 Å². The highest BCUT2D eigenvalue weighted by Gasteiger charge is 2.53. The summed E-state index contributed by atoms with van der Waals surface area (Å²) in [5.74, 6) is 3.84. The lowest BCUT2D eigenvalue weighted by molar-refractivity contribution is -0.0629. The maximum atomic E-state index is 6.68. The van der Waals surface area contributed by atoms with Gasteiger partial charge >= 0.3 is 0 Å². The summed E-state index contributed by atoms with van der Waals surface area (Å²) in [6.07, 6.45) is 10.4. The van der Waals surface area contributed by atoms with E-state index in [4.69, 9.17) is 17.3 Å². The van der Waals surface area contributed by atoms with E-state index in [2.05, 4.69) is 4.98 Å². The fourth-order valence-corrected chi connectivity index (χ4v) is 6.77. The highest BCUT2D eigenvalue weighted by Crippen LogP contribution is 2.61. The van der Waals surface area contributed by atoms with Crippen LogP contribution in [-0.2, 0) is 0 Å². The number of thioether (sulfide) groups is 1. The standard InChI is InChI=1S/C17H23ClN2S/c18-14-2-1-3-20-16(14)21-10-15(19)17-7-11-4-12(8-17)6-13(5-11)9-17/h1-3,11-13,15H,4-10,19H2. The molecule has 2 nitrogen and oxygen atoms in total.